The van der Waals surface area contributed by atoms with Crippen molar-refractivity contribution in [2.45, 2.75) is 39.8 Å². The van der Waals surface area contributed by atoms with Crippen LogP contribution in [0.4, 0.5) is 0 Å². The third kappa shape index (κ3) is 2.01. The van der Waals surface area contributed by atoms with E-state index in [1.165, 1.54) is 4.68 Å². The molecule has 4 heteroatoms. The SMILES string of the molecule is CCn1nc(C(C)C)cc(CO)c1=O. The number of hydrogen-bond acceptors (Lipinski definition) is 3. The van der Waals surface area contributed by atoms with Gasteiger partial charge >= 0.3 is 0 Å². The molecule has 1 rings (SSSR count). The average Bonchev–Trinajstić information content (AvgIpc) is 2.17. The molecule has 0 radical (unpaired) electrons. The molecule has 78 valence electrons. The number of aryl methyl sites for hydroxylation is 1. The molecule has 0 saturated carbocycles. The zero-order chi connectivity index (χ0) is 10.7. The highest BCUT2D eigenvalue weighted by molar-refractivity contribution is 5.15. The summed E-state index contributed by atoms with van der Waals surface area (Å²) in [5, 5.41) is 13.2. The number of nitrogens with zero attached hydrogens (tertiary/aromatic N) is 2. The fourth-order valence-corrected chi connectivity index (χ4v) is 1.23. The van der Waals surface area contributed by atoms with E-state index >= 15 is 0 Å². The molecule has 0 saturated heterocycles. The van der Waals surface area contributed by atoms with Crippen molar-refractivity contribution in [3.63, 3.8) is 0 Å². The van der Waals surface area contributed by atoms with Crippen LogP contribution in [0.5, 0.6) is 0 Å². The first-order valence-corrected chi connectivity index (χ1v) is 4.82. The quantitative estimate of drug-likeness (QED) is 0.780. The molecule has 0 amide bonds. The smallest absolute Gasteiger partial charge is 0.272 e. The molecule has 0 aliphatic heterocycles. The summed E-state index contributed by atoms with van der Waals surface area (Å²) in [6.45, 7) is 6.19. The van der Waals surface area contributed by atoms with Crippen LogP contribution in [0.15, 0.2) is 10.9 Å². The number of hydrogen-bond donors (Lipinski definition) is 1. The van der Waals surface area contributed by atoms with Gasteiger partial charge in [0.25, 0.3) is 5.56 Å². The molecule has 0 atom stereocenters. The summed E-state index contributed by atoms with van der Waals surface area (Å²) >= 11 is 0. The van der Waals surface area contributed by atoms with Crippen LogP contribution in [-0.2, 0) is 13.2 Å². The minimum Gasteiger partial charge on any atom is -0.391 e. The normalized spacial score (nSPS) is 10.9. The molecular formula is C10H16N2O2. The largest absolute Gasteiger partial charge is 0.391 e. The Hall–Kier alpha value is -1.16. The minimum absolute atomic E-state index is 0.195. The molecule has 0 aromatic carbocycles. The van der Waals surface area contributed by atoms with Gasteiger partial charge in [-0.05, 0) is 18.9 Å². The van der Waals surface area contributed by atoms with Gasteiger partial charge in [-0.2, -0.15) is 5.10 Å². The second-order valence-corrected chi connectivity index (χ2v) is 3.53. The van der Waals surface area contributed by atoms with E-state index in [9.17, 15) is 4.79 Å². The van der Waals surface area contributed by atoms with Crippen molar-refractivity contribution < 1.29 is 5.11 Å². The van der Waals surface area contributed by atoms with Crippen molar-refractivity contribution in [1.29, 1.82) is 0 Å². The van der Waals surface area contributed by atoms with Crippen molar-refractivity contribution in [3.05, 3.63) is 27.7 Å². The molecule has 0 spiro atoms. The predicted molar refractivity (Wildman–Crippen MR) is 54.2 cm³/mol. The van der Waals surface area contributed by atoms with Crippen LogP contribution in [0.1, 0.15) is 37.9 Å². The van der Waals surface area contributed by atoms with Gasteiger partial charge in [0.15, 0.2) is 0 Å². The van der Waals surface area contributed by atoms with Crippen molar-refractivity contribution in [1.82, 2.24) is 9.78 Å². The Balaban J connectivity index is 3.32. The van der Waals surface area contributed by atoms with Crippen LogP contribution in [0.25, 0.3) is 0 Å². The van der Waals surface area contributed by atoms with Crippen LogP contribution < -0.4 is 5.56 Å². The number of aliphatic hydroxyl groups excluding tert-OH is 1. The summed E-state index contributed by atoms with van der Waals surface area (Å²) in [6.07, 6.45) is 0. The summed E-state index contributed by atoms with van der Waals surface area (Å²) in [6, 6.07) is 1.68. The maximum absolute atomic E-state index is 11.5. The molecule has 0 bridgehead atoms. The fraction of sp³-hybridized carbons (Fsp3) is 0.600. The number of aromatic nitrogens is 2. The average molecular weight is 196 g/mol. The number of rotatable bonds is 3. The van der Waals surface area contributed by atoms with Gasteiger partial charge in [-0.25, -0.2) is 4.68 Å². The van der Waals surface area contributed by atoms with Crippen LogP contribution in [0.2, 0.25) is 0 Å². The Morgan fingerprint density at radius 1 is 1.57 bits per heavy atom. The van der Waals surface area contributed by atoms with Crippen molar-refractivity contribution >= 4 is 0 Å². The van der Waals surface area contributed by atoms with E-state index in [2.05, 4.69) is 5.10 Å². The third-order valence-electron chi connectivity index (χ3n) is 2.13. The van der Waals surface area contributed by atoms with E-state index in [1.54, 1.807) is 6.07 Å². The first kappa shape index (κ1) is 10.9. The Bertz CT molecular complexity index is 341. The van der Waals surface area contributed by atoms with Gasteiger partial charge in [0.1, 0.15) is 0 Å². The maximum Gasteiger partial charge on any atom is 0.272 e. The van der Waals surface area contributed by atoms with Crippen LogP contribution in [0, 0.1) is 0 Å². The number of aliphatic hydroxyl groups is 1. The van der Waals surface area contributed by atoms with Crippen LogP contribution in [0.3, 0.4) is 0 Å². The Morgan fingerprint density at radius 3 is 2.64 bits per heavy atom. The molecule has 0 unspecified atom stereocenters. The van der Waals surface area contributed by atoms with Gasteiger partial charge in [-0.3, -0.25) is 4.79 Å². The lowest BCUT2D eigenvalue weighted by Gasteiger charge is -2.09. The van der Waals surface area contributed by atoms with Gasteiger partial charge in [0.2, 0.25) is 0 Å². The summed E-state index contributed by atoms with van der Waals surface area (Å²) in [5.74, 6) is 0.263. The molecule has 1 N–H and O–H groups in total. The fourth-order valence-electron chi connectivity index (χ4n) is 1.23. The molecule has 0 fully saturated rings. The molecule has 1 aromatic rings. The minimum atomic E-state index is -0.221. The molecular weight excluding hydrogens is 180 g/mol. The van der Waals surface area contributed by atoms with E-state index in [4.69, 9.17) is 5.11 Å². The molecule has 1 aromatic heterocycles. The molecule has 14 heavy (non-hydrogen) atoms. The van der Waals surface area contributed by atoms with Gasteiger partial charge in [0, 0.05) is 12.1 Å². The molecule has 0 aliphatic carbocycles. The highest BCUT2D eigenvalue weighted by Crippen LogP contribution is 2.10. The monoisotopic (exact) mass is 196 g/mol. The second kappa shape index (κ2) is 4.37. The van der Waals surface area contributed by atoms with E-state index < -0.39 is 0 Å². The highest BCUT2D eigenvalue weighted by Gasteiger charge is 2.08. The van der Waals surface area contributed by atoms with Gasteiger partial charge in [-0.1, -0.05) is 13.8 Å². The topological polar surface area (TPSA) is 55.1 Å². The molecule has 1 heterocycles. The van der Waals surface area contributed by atoms with E-state index in [0.29, 0.717) is 12.1 Å². The van der Waals surface area contributed by atoms with E-state index in [0.717, 1.165) is 5.69 Å². The third-order valence-corrected chi connectivity index (χ3v) is 2.13. The lowest BCUT2D eigenvalue weighted by Crippen LogP contribution is -2.27. The summed E-state index contributed by atoms with van der Waals surface area (Å²) < 4.78 is 1.39. The standard InChI is InChI=1S/C10H16N2O2/c1-4-12-10(14)8(6-13)5-9(11-12)7(2)3/h5,7,13H,4,6H2,1-3H3. The maximum atomic E-state index is 11.5. The zero-order valence-electron chi connectivity index (χ0n) is 8.82. The Labute approximate surface area is 83.2 Å². The molecule has 0 aliphatic rings. The first-order valence-electron chi connectivity index (χ1n) is 4.82. The van der Waals surface area contributed by atoms with Crippen LogP contribution in [-0.4, -0.2) is 14.9 Å². The lowest BCUT2D eigenvalue weighted by atomic mass is 10.1. The first-order chi connectivity index (χ1) is 6.60. The predicted octanol–water partition coefficient (Wildman–Crippen LogP) is 0.879. The van der Waals surface area contributed by atoms with Gasteiger partial charge in [-0.15, -0.1) is 0 Å². The summed E-state index contributed by atoms with van der Waals surface area (Å²) in [7, 11) is 0. The van der Waals surface area contributed by atoms with E-state index in [-0.39, 0.29) is 18.1 Å². The lowest BCUT2D eigenvalue weighted by molar-refractivity contribution is 0.278. The Morgan fingerprint density at radius 2 is 2.21 bits per heavy atom. The zero-order valence-corrected chi connectivity index (χ0v) is 8.82. The second-order valence-electron chi connectivity index (χ2n) is 3.53. The van der Waals surface area contributed by atoms with Crippen LogP contribution >= 0.6 is 0 Å². The summed E-state index contributed by atoms with van der Waals surface area (Å²) in [4.78, 5) is 11.5. The summed E-state index contributed by atoms with van der Waals surface area (Å²) in [5.41, 5.74) is 1.07. The van der Waals surface area contributed by atoms with E-state index in [1.807, 2.05) is 20.8 Å². The van der Waals surface area contributed by atoms with Gasteiger partial charge in [0.05, 0.1) is 12.3 Å². The van der Waals surface area contributed by atoms with Crippen molar-refractivity contribution in [2.75, 3.05) is 0 Å². The van der Waals surface area contributed by atoms with Crippen molar-refractivity contribution in [2.24, 2.45) is 0 Å². The Kier molecular flexibility index (Phi) is 3.41. The van der Waals surface area contributed by atoms with Gasteiger partial charge < -0.3 is 5.11 Å². The highest BCUT2D eigenvalue weighted by atomic mass is 16.3. The molecule has 4 nitrogen and oxygen atoms in total. The van der Waals surface area contributed by atoms with Crippen molar-refractivity contribution in [3.8, 4) is 0 Å².